The summed E-state index contributed by atoms with van der Waals surface area (Å²) in [6.07, 6.45) is 0. The van der Waals surface area contributed by atoms with Crippen molar-refractivity contribution in [2.24, 2.45) is 0 Å². The Hall–Kier alpha value is -1.76. The van der Waals surface area contributed by atoms with Gasteiger partial charge in [0.25, 0.3) is 0 Å². The molecule has 1 N–H and O–H groups in total. The lowest BCUT2D eigenvalue weighted by atomic mass is 10.1. The van der Waals surface area contributed by atoms with Gasteiger partial charge in [0.1, 0.15) is 0 Å². The van der Waals surface area contributed by atoms with Gasteiger partial charge >= 0.3 is 0 Å². The van der Waals surface area contributed by atoms with E-state index in [4.69, 9.17) is 0 Å². The van der Waals surface area contributed by atoms with Crippen LogP contribution in [0.2, 0.25) is 0 Å². The number of hydrogen-bond acceptors (Lipinski definition) is 1. The molecule has 0 amide bonds. The van der Waals surface area contributed by atoms with Gasteiger partial charge in [-0.3, -0.25) is 0 Å². The average Bonchev–Trinajstić information content (AvgIpc) is 2.28. The third-order valence-electron chi connectivity index (χ3n) is 2.64. The Balaban J connectivity index is 1.99. The molecule has 2 aromatic carbocycles. The van der Waals surface area contributed by atoms with Gasteiger partial charge in [0.05, 0.1) is 0 Å². The van der Waals surface area contributed by atoms with Crippen LogP contribution in [0.3, 0.4) is 0 Å². The Bertz CT molecular complexity index is 457. The van der Waals surface area contributed by atoms with Crippen LogP contribution in [-0.2, 0) is 6.54 Å². The second-order valence-corrected chi connectivity index (χ2v) is 4.21. The van der Waals surface area contributed by atoms with Gasteiger partial charge in [0.15, 0.2) is 0 Å². The fraction of sp³-hybridized carbons (Fsp3) is 0.200. The van der Waals surface area contributed by atoms with Crippen molar-refractivity contribution in [1.29, 1.82) is 0 Å². The fourth-order valence-electron chi connectivity index (χ4n) is 1.67. The zero-order chi connectivity index (χ0) is 11.4. The smallest absolute Gasteiger partial charge is 0.0400 e. The van der Waals surface area contributed by atoms with Crippen molar-refractivity contribution in [1.82, 2.24) is 0 Å². The summed E-state index contributed by atoms with van der Waals surface area (Å²) in [6.45, 7) is 5.10. The van der Waals surface area contributed by atoms with Gasteiger partial charge in [0.2, 0.25) is 0 Å². The summed E-state index contributed by atoms with van der Waals surface area (Å²) in [5.74, 6) is 0. The maximum Gasteiger partial charge on any atom is 0.0400 e. The predicted molar refractivity (Wildman–Crippen MR) is 69.7 cm³/mol. The largest absolute Gasteiger partial charge is 0.381 e. The predicted octanol–water partition coefficient (Wildman–Crippen LogP) is 3.92. The lowest BCUT2D eigenvalue weighted by molar-refractivity contribution is 1.14. The molecule has 0 aliphatic heterocycles. The van der Waals surface area contributed by atoms with Crippen molar-refractivity contribution in [3.05, 3.63) is 65.2 Å². The molecule has 1 nitrogen and oxygen atoms in total. The van der Waals surface area contributed by atoms with E-state index in [0.29, 0.717) is 0 Å². The highest BCUT2D eigenvalue weighted by Crippen LogP contribution is 2.11. The Morgan fingerprint density at radius 3 is 2.31 bits per heavy atom. The van der Waals surface area contributed by atoms with Crippen molar-refractivity contribution in [2.45, 2.75) is 20.4 Å². The summed E-state index contributed by atoms with van der Waals surface area (Å²) in [7, 11) is 0. The molecule has 82 valence electrons. The minimum absolute atomic E-state index is 0.879. The molecule has 0 radical (unpaired) electrons. The SMILES string of the molecule is Cc1ccc(CNc2cccc(C)c2)cc1. The summed E-state index contributed by atoms with van der Waals surface area (Å²) < 4.78 is 0. The molecular formula is C15H17N. The second kappa shape index (κ2) is 4.84. The summed E-state index contributed by atoms with van der Waals surface area (Å²) in [5, 5.41) is 3.42. The quantitative estimate of drug-likeness (QED) is 0.811. The van der Waals surface area contributed by atoms with Gasteiger partial charge < -0.3 is 5.32 Å². The van der Waals surface area contributed by atoms with E-state index in [1.165, 1.54) is 22.4 Å². The molecular weight excluding hydrogens is 194 g/mol. The van der Waals surface area contributed by atoms with Gasteiger partial charge in [-0.25, -0.2) is 0 Å². The average molecular weight is 211 g/mol. The normalized spacial score (nSPS) is 10.1. The second-order valence-electron chi connectivity index (χ2n) is 4.21. The maximum atomic E-state index is 3.42. The Labute approximate surface area is 97.1 Å². The summed E-state index contributed by atoms with van der Waals surface area (Å²) in [4.78, 5) is 0. The molecule has 0 fully saturated rings. The van der Waals surface area contributed by atoms with Crippen molar-refractivity contribution in [3.8, 4) is 0 Å². The first-order chi connectivity index (χ1) is 7.74. The van der Waals surface area contributed by atoms with Gasteiger partial charge in [-0.05, 0) is 37.1 Å². The van der Waals surface area contributed by atoms with Crippen LogP contribution in [-0.4, -0.2) is 0 Å². The first-order valence-electron chi connectivity index (χ1n) is 5.60. The van der Waals surface area contributed by atoms with Crippen LogP contribution in [0.15, 0.2) is 48.5 Å². The van der Waals surface area contributed by atoms with Gasteiger partial charge in [-0.1, -0.05) is 42.0 Å². The molecule has 16 heavy (non-hydrogen) atoms. The van der Waals surface area contributed by atoms with Crippen LogP contribution in [0.4, 0.5) is 5.69 Å². The topological polar surface area (TPSA) is 12.0 Å². The van der Waals surface area contributed by atoms with E-state index in [-0.39, 0.29) is 0 Å². The third kappa shape index (κ3) is 2.86. The molecule has 1 heteroatoms. The van der Waals surface area contributed by atoms with Crippen molar-refractivity contribution < 1.29 is 0 Å². The molecule has 0 heterocycles. The van der Waals surface area contributed by atoms with Crippen LogP contribution < -0.4 is 5.32 Å². The number of benzene rings is 2. The lowest BCUT2D eigenvalue weighted by Crippen LogP contribution is -1.99. The third-order valence-corrected chi connectivity index (χ3v) is 2.64. The minimum Gasteiger partial charge on any atom is -0.381 e. The Morgan fingerprint density at radius 2 is 1.62 bits per heavy atom. The van der Waals surface area contributed by atoms with E-state index in [2.05, 4.69) is 67.7 Å². The van der Waals surface area contributed by atoms with Crippen molar-refractivity contribution in [2.75, 3.05) is 5.32 Å². The van der Waals surface area contributed by atoms with Crippen molar-refractivity contribution >= 4 is 5.69 Å². The summed E-state index contributed by atoms with van der Waals surface area (Å²) >= 11 is 0. The van der Waals surface area contributed by atoms with Crippen LogP contribution in [0.25, 0.3) is 0 Å². The minimum atomic E-state index is 0.879. The van der Waals surface area contributed by atoms with Gasteiger partial charge in [-0.2, -0.15) is 0 Å². The molecule has 2 aromatic rings. The zero-order valence-electron chi connectivity index (χ0n) is 9.83. The Morgan fingerprint density at radius 1 is 0.875 bits per heavy atom. The standard InChI is InChI=1S/C15H17N/c1-12-6-8-14(9-7-12)11-16-15-5-3-4-13(2)10-15/h3-10,16H,11H2,1-2H3. The summed E-state index contributed by atoms with van der Waals surface area (Å²) in [5.41, 5.74) is 5.08. The van der Waals surface area contributed by atoms with E-state index in [1.54, 1.807) is 0 Å². The van der Waals surface area contributed by atoms with E-state index < -0.39 is 0 Å². The maximum absolute atomic E-state index is 3.42. The highest BCUT2D eigenvalue weighted by Gasteiger charge is 1.94. The number of rotatable bonds is 3. The molecule has 0 spiro atoms. The molecule has 0 saturated carbocycles. The van der Waals surface area contributed by atoms with Gasteiger partial charge in [-0.15, -0.1) is 0 Å². The van der Waals surface area contributed by atoms with Gasteiger partial charge in [0, 0.05) is 12.2 Å². The van der Waals surface area contributed by atoms with Crippen LogP contribution in [0, 0.1) is 13.8 Å². The van der Waals surface area contributed by atoms with Crippen LogP contribution in [0.5, 0.6) is 0 Å². The Kier molecular flexibility index (Phi) is 3.25. The first-order valence-corrected chi connectivity index (χ1v) is 5.60. The number of hydrogen-bond donors (Lipinski definition) is 1. The number of nitrogens with one attached hydrogen (secondary N) is 1. The molecule has 2 rings (SSSR count). The molecule has 0 aliphatic carbocycles. The van der Waals surface area contributed by atoms with E-state index in [1.807, 2.05) is 0 Å². The molecule has 0 aliphatic rings. The van der Waals surface area contributed by atoms with E-state index in [9.17, 15) is 0 Å². The molecule has 0 unspecified atom stereocenters. The fourth-order valence-corrected chi connectivity index (χ4v) is 1.67. The van der Waals surface area contributed by atoms with E-state index >= 15 is 0 Å². The lowest BCUT2D eigenvalue weighted by Gasteiger charge is -2.07. The summed E-state index contributed by atoms with van der Waals surface area (Å²) in [6, 6.07) is 17.1. The van der Waals surface area contributed by atoms with E-state index in [0.717, 1.165) is 6.54 Å². The monoisotopic (exact) mass is 211 g/mol. The zero-order valence-corrected chi connectivity index (χ0v) is 9.83. The first kappa shape index (κ1) is 10.7. The number of anilines is 1. The molecule has 0 aromatic heterocycles. The molecule has 0 saturated heterocycles. The molecule has 0 atom stereocenters. The van der Waals surface area contributed by atoms with Crippen molar-refractivity contribution in [3.63, 3.8) is 0 Å². The highest BCUT2D eigenvalue weighted by molar-refractivity contribution is 5.45. The number of aryl methyl sites for hydroxylation is 2. The highest BCUT2D eigenvalue weighted by atomic mass is 14.9. The van der Waals surface area contributed by atoms with Crippen LogP contribution in [0.1, 0.15) is 16.7 Å². The molecule has 0 bridgehead atoms. The van der Waals surface area contributed by atoms with Crippen LogP contribution >= 0.6 is 0 Å².